The molecule has 1 N–H and O–H groups in total. The van der Waals surface area contributed by atoms with Crippen LogP contribution in [-0.4, -0.2) is 60.0 Å². The van der Waals surface area contributed by atoms with Crippen LogP contribution in [0.25, 0.3) is 0 Å². The van der Waals surface area contributed by atoms with Crippen molar-refractivity contribution in [2.45, 2.75) is 111 Å². The lowest BCUT2D eigenvalue weighted by Gasteiger charge is -2.58. The number of hydrogen-bond donors (Lipinski definition) is 1. The van der Waals surface area contributed by atoms with Crippen LogP contribution in [0, 0.1) is 45.8 Å². The summed E-state index contributed by atoms with van der Waals surface area (Å²) in [6, 6.07) is 0. The Bertz CT molecular complexity index is 950. The van der Waals surface area contributed by atoms with Gasteiger partial charge in [0.05, 0.1) is 6.10 Å². The highest BCUT2D eigenvalue weighted by Crippen LogP contribution is 2.67. The lowest BCUT2D eigenvalue weighted by Crippen LogP contribution is -2.50. The molecule has 1 aliphatic heterocycles. The molecular weight excluding hydrogens is 472 g/mol. The van der Waals surface area contributed by atoms with Gasteiger partial charge in [-0.2, -0.15) is 0 Å². The van der Waals surface area contributed by atoms with E-state index in [1.807, 2.05) is 19.0 Å². The van der Waals surface area contributed by atoms with Gasteiger partial charge < -0.3 is 14.9 Å². The number of aliphatic hydroxyl groups is 1. The van der Waals surface area contributed by atoms with Crippen molar-refractivity contribution >= 4 is 11.8 Å². The van der Waals surface area contributed by atoms with Gasteiger partial charge in [0.25, 0.3) is 0 Å². The van der Waals surface area contributed by atoms with Gasteiger partial charge in [-0.3, -0.25) is 9.59 Å². The summed E-state index contributed by atoms with van der Waals surface area (Å²) in [5.41, 5.74) is 1.94. The largest absolute Gasteiger partial charge is 0.393 e. The molecule has 0 radical (unpaired) electrons. The minimum absolute atomic E-state index is 0.130. The first kappa shape index (κ1) is 28.2. The van der Waals surface area contributed by atoms with Crippen molar-refractivity contribution in [3.05, 3.63) is 11.6 Å². The quantitative estimate of drug-likeness (QED) is 0.443. The van der Waals surface area contributed by atoms with E-state index in [0.29, 0.717) is 36.3 Å². The van der Waals surface area contributed by atoms with Gasteiger partial charge in [-0.25, -0.2) is 0 Å². The molecule has 8 atom stereocenters. The van der Waals surface area contributed by atoms with Crippen LogP contribution in [0.1, 0.15) is 105 Å². The number of piperidine rings is 1. The number of carbonyl (C=O) groups excluding carboxylic acids is 2. The molecule has 4 aliphatic carbocycles. The van der Waals surface area contributed by atoms with E-state index in [9.17, 15) is 14.7 Å². The fourth-order valence-corrected chi connectivity index (χ4v) is 10.3. The minimum Gasteiger partial charge on any atom is -0.393 e. The zero-order chi connectivity index (χ0) is 27.5. The summed E-state index contributed by atoms with van der Waals surface area (Å²) >= 11 is 0. The summed E-state index contributed by atoms with van der Waals surface area (Å²) in [5, 5.41) is 10.3. The maximum atomic E-state index is 13.2. The Morgan fingerprint density at radius 2 is 1.74 bits per heavy atom. The van der Waals surface area contributed by atoms with Crippen LogP contribution in [0.4, 0.5) is 0 Å². The molecule has 5 rings (SSSR count). The van der Waals surface area contributed by atoms with Crippen molar-refractivity contribution < 1.29 is 14.7 Å². The topological polar surface area (TPSA) is 60.9 Å². The van der Waals surface area contributed by atoms with Gasteiger partial charge in [-0.15, -0.1) is 0 Å². The monoisotopic (exact) mass is 526 g/mol. The zero-order valence-corrected chi connectivity index (χ0v) is 25.1. The molecule has 0 spiro atoms. The van der Waals surface area contributed by atoms with Crippen LogP contribution in [0.2, 0.25) is 0 Å². The third-order valence-electron chi connectivity index (χ3n) is 12.8. The standard InChI is InChI=1S/C33H54N2O3/c1-22(7-12-29(37)35-19-17-31(2,18-20-35)30(38)34(5)6)26-10-11-27-25-9-8-23-21-24(36)13-15-32(23,3)28(25)14-16-33(26,27)4/h8,22,24-28,36H,7,9-21H2,1-6H3/t22-,24+,25+,26-,27+,28+,32+,33-/m1/s1. The van der Waals surface area contributed by atoms with Crippen molar-refractivity contribution in [1.82, 2.24) is 9.80 Å². The number of rotatable bonds is 5. The third kappa shape index (κ3) is 4.67. The molecule has 0 aromatic rings. The first-order chi connectivity index (χ1) is 17.9. The fraction of sp³-hybridized carbons (Fsp3) is 0.879. The summed E-state index contributed by atoms with van der Waals surface area (Å²) in [4.78, 5) is 29.5. The Hall–Kier alpha value is -1.36. The molecule has 0 aromatic heterocycles. The molecule has 214 valence electrons. The average molecular weight is 527 g/mol. The fourth-order valence-electron chi connectivity index (χ4n) is 10.3. The maximum Gasteiger partial charge on any atom is 0.228 e. The van der Waals surface area contributed by atoms with E-state index in [1.54, 1.807) is 10.5 Å². The van der Waals surface area contributed by atoms with Crippen LogP contribution in [0.3, 0.4) is 0 Å². The molecule has 1 heterocycles. The average Bonchev–Trinajstić information content (AvgIpc) is 3.24. The highest BCUT2D eigenvalue weighted by Gasteiger charge is 2.59. The molecule has 5 heteroatoms. The van der Waals surface area contributed by atoms with Crippen LogP contribution in [0.5, 0.6) is 0 Å². The van der Waals surface area contributed by atoms with Crippen LogP contribution >= 0.6 is 0 Å². The Morgan fingerprint density at radius 1 is 1.03 bits per heavy atom. The first-order valence-electron chi connectivity index (χ1n) is 15.8. The summed E-state index contributed by atoms with van der Waals surface area (Å²) in [7, 11) is 3.66. The first-order valence-corrected chi connectivity index (χ1v) is 15.8. The second-order valence-corrected chi connectivity index (χ2v) is 15.0. The highest BCUT2D eigenvalue weighted by molar-refractivity contribution is 5.82. The van der Waals surface area contributed by atoms with Crippen molar-refractivity contribution in [3.63, 3.8) is 0 Å². The molecule has 5 aliphatic rings. The summed E-state index contributed by atoms with van der Waals surface area (Å²) in [6.45, 7) is 11.0. The number of hydrogen-bond acceptors (Lipinski definition) is 3. The van der Waals surface area contributed by atoms with Crippen LogP contribution < -0.4 is 0 Å². The van der Waals surface area contributed by atoms with Gasteiger partial charge >= 0.3 is 0 Å². The Balaban J connectivity index is 1.17. The van der Waals surface area contributed by atoms with Gasteiger partial charge in [0, 0.05) is 39.0 Å². The molecule has 0 aromatic carbocycles. The van der Waals surface area contributed by atoms with Gasteiger partial charge in [0.2, 0.25) is 11.8 Å². The molecular formula is C33H54N2O3. The SMILES string of the molecule is C[C@H](CCC(=O)N1CCC(C)(C(=O)N(C)C)CC1)[C@H]1CC[C@H]2[C@@H]3CC=C4C[C@@H](O)CC[C@]4(C)[C@H]3CC[C@]12C. The van der Waals surface area contributed by atoms with Gasteiger partial charge in [-0.05, 0) is 111 Å². The number of carbonyl (C=O) groups is 2. The summed E-state index contributed by atoms with van der Waals surface area (Å²) in [5.74, 6) is 4.16. The predicted molar refractivity (Wildman–Crippen MR) is 152 cm³/mol. The summed E-state index contributed by atoms with van der Waals surface area (Å²) < 4.78 is 0. The highest BCUT2D eigenvalue weighted by atomic mass is 16.3. The molecule has 4 fully saturated rings. The van der Waals surface area contributed by atoms with E-state index in [1.165, 1.54) is 32.1 Å². The van der Waals surface area contributed by atoms with Crippen molar-refractivity contribution in [3.8, 4) is 0 Å². The summed E-state index contributed by atoms with van der Waals surface area (Å²) in [6.07, 6.45) is 15.2. The number of likely N-dealkylation sites (tertiary alicyclic amines) is 1. The normalized spacial score (nSPS) is 40.9. The molecule has 2 amide bonds. The van der Waals surface area contributed by atoms with Gasteiger partial charge in [0.1, 0.15) is 0 Å². The maximum absolute atomic E-state index is 13.2. The molecule has 3 saturated carbocycles. The number of fused-ring (bicyclic) bond motifs is 5. The Morgan fingerprint density at radius 3 is 2.42 bits per heavy atom. The van der Waals surface area contributed by atoms with E-state index in [0.717, 1.165) is 62.2 Å². The molecule has 38 heavy (non-hydrogen) atoms. The van der Waals surface area contributed by atoms with Crippen molar-refractivity contribution in [1.29, 1.82) is 0 Å². The van der Waals surface area contributed by atoms with E-state index in [2.05, 4.69) is 33.8 Å². The predicted octanol–water partition coefficient (Wildman–Crippen LogP) is 6.06. The smallest absolute Gasteiger partial charge is 0.228 e. The van der Waals surface area contributed by atoms with Crippen LogP contribution in [0.15, 0.2) is 11.6 Å². The van der Waals surface area contributed by atoms with Crippen molar-refractivity contribution in [2.75, 3.05) is 27.2 Å². The minimum atomic E-state index is -0.330. The van der Waals surface area contributed by atoms with E-state index < -0.39 is 0 Å². The number of amides is 2. The van der Waals surface area contributed by atoms with Crippen molar-refractivity contribution in [2.24, 2.45) is 45.8 Å². The van der Waals surface area contributed by atoms with Gasteiger partial charge in [0.15, 0.2) is 0 Å². The zero-order valence-electron chi connectivity index (χ0n) is 25.1. The van der Waals surface area contributed by atoms with Gasteiger partial charge in [-0.1, -0.05) is 39.3 Å². The van der Waals surface area contributed by atoms with Crippen LogP contribution in [-0.2, 0) is 9.59 Å². The van der Waals surface area contributed by atoms with E-state index in [4.69, 9.17) is 0 Å². The molecule has 0 unspecified atom stereocenters. The second-order valence-electron chi connectivity index (χ2n) is 15.0. The molecule has 0 bridgehead atoms. The Labute approximate surface area is 231 Å². The number of aliphatic hydroxyl groups excluding tert-OH is 1. The lowest BCUT2D eigenvalue weighted by molar-refractivity contribution is -0.145. The number of nitrogens with zero attached hydrogens (tertiary/aromatic N) is 2. The number of allylic oxidation sites excluding steroid dienone is 1. The third-order valence-corrected chi connectivity index (χ3v) is 12.8. The van der Waals surface area contributed by atoms with E-state index in [-0.39, 0.29) is 23.3 Å². The van der Waals surface area contributed by atoms with E-state index >= 15 is 0 Å². The lowest BCUT2D eigenvalue weighted by atomic mass is 9.47. The molecule has 1 saturated heterocycles. The second kappa shape index (κ2) is 10.2. The molecule has 5 nitrogen and oxygen atoms in total. The Kier molecular flexibility index (Phi) is 7.59.